The van der Waals surface area contributed by atoms with Gasteiger partial charge in [0.15, 0.2) is 6.29 Å². The zero-order valence-electron chi connectivity index (χ0n) is 6.73. The summed E-state index contributed by atoms with van der Waals surface area (Å²) in [5, 5.41) is 17.5. The van der Waals surface area contributed by atoms with Crippen molar-refractivity contribution in [3.8, 4) is 5.75 Å². The van der Waals surface area contributed by atoms with E-state index in [4.69, 9.17) is 10.2 Å². The summed E-state index contributed by atoms with van der Waals surface area (Å²) in [7, 11) is 0. The van der Waals surface area contributed by atoms with Crippen molar-refractivity contribution >= 4 is 12.3 Å². The van der Waals surface area contributed by atoms with Crippen LogP contribution < -0.4 is 0 Å². The summed E-state index contributed by atoms with van der Waals surface area (Å²) in [5.41, 5.74) is 0.603. The Bertz CT molecular complexity index is 343. The molecule has 0 saturated carbocycles. The average molecular weight is 180 g/mol. The maximum absolute atomic E-state index is 10.4. The number of aromatic hydroxyl groups is 1. The lowest BCUT2D eigenvalue weighted by Gasteiger charge is -2.00. The molecule has 0 saturated heterocycles. The first-order valence-electron chi connectivity index (χ1n) is 3.62. The fourth-order valence-corrected chi connectivity index (χ4v) is 0.983. The molecule has 0 aliphatic carbocycles. The number of aldehydes is 1. The van der Waals surface area contributed by atoms with Gasteiger partial charge in [-0.1, -0.05) is 6.07 Å². The quantitative estimate of drug-likeness (QED) is 0.675. The number of carboxylic acids is 1. The third-order valence-corrected chi connectivity index (χ3v) is 1.57. The van der Waals surface area contributed by atoms with Gasteiger partial charge in [-0.3, -0.25) is 9.59 Å². The highest BCUT2D eigenvalue weighted by Gasteiger charge is 2.04. The fraction of sp³-hybridized carbons (Fsp3) is 0.111. The number of benzene rings is 1. The Morgan fingerprint density at radius 3 is 2.69 bits per heavy atom. The number of aliphatic carboxylic acids is 1. The molecule has 0 aliphatic rings. The Morgan fingerprint density at radius 1 is 1.46 bits per heavy atom. The monoisotopic (exact) mass is 180 g/mol. The second-order valence-electron chi connectivity index (χ2n) is 2.58. The minimum Gasteiger partial charge on any atom is -0.507 e. The Balaban J connectivity index is 2.99. The van der Waals surface area contributed by atoms with Crippen molar-refractivity contribution in [3.05, 3.63) is 29.3 Å². The fourth-order valence-electron chi connectivity index (χ4n) is 0.983. The molecule has 1 rings (SSSR count). The van der Waals surface area contributed by atoms with Crippen LogP contribution in [-0.4, -0.2) is 22.5 Å². The maximum Gasteiger partial charge on any atom is 0.307 e. The van der Waals surface area contributed by atoms with E-state index in [1.54, 1.807) is 0 Å². The summed E-state index contributed by atoms with van der Waals surface area (Å²) in [6.07, 6.45) is 0.335. The Morgan fingerprint density at radius 2 is 2.15 bits per heavy atom. The van der Waals surface area contributed by atoms with E-state index in [0.29, 0.717) is 11.8 Å². The van der Waals surface area contributed by atoms with E-state index in [9.17, 15) is 9.59 Å². The molecular formula is C9H8O4. The SMILES string of the molecule is O=Cc1cc(CC(=O)O)ccc1O. The molecule has 13 heavy (non-hydrogen) atoms. The molecule has 4 heteroatoms. The van der Waals surface area contributed by atoms with Crippen LogP contribution in [0.3, 0.4) is 0 Å². The standard InChI is InChI=1S/C9H8O4/c10-5-7-3-6(4-9(12)13)1-2-8(7)11/h1-3,5,11H,4H2,(H,12,13). The molecule has 68 valence electrons. The molecule has 0 fully saturated rings. The highest BCUT2D eigenvalue weighted by molar-refractivity contribution is 5.80. The third kappa shape index (κ3) is 2.30. The summed E-state index contributed by atoms with van der Waals surface area (Å²) in [6, 6.07) is 4.13. The van der Waals surface area contributed by atoms with Crippen molar-refractivity contribution in [1.29, 1.82) is 0 Å². The predicted octanol–water partition coefficient (Wildman–Crippen LogP) is 0.832. The molecule has 0 spiro atoms. The van der Waals surface area contributed by atoms with Crippen LogP contribution in [-0.2, 0) is 11.2 Å². The highest BCUT2D eigenvalue weighted by atomic mass is 16.4. The van der Waals surface area contributed by atoms with Gasteiger partial charge in [0.05, 0.1) is 12.0 Å². The summed E-state index contributed by atoms with van der Waals surface area (Å²) in [6.45, 7) is 0. The maximum atomic E-state index is 10.4. The van der Waals surface area contributed by atoms with Gasteiger partial charge in [0.2, 0.25) is 0 Å². The molecule has 0 heterocycles. The number of carbonyl (C=O) groups excluding carboxylic acids is 1. The average Bonchev–Trinajstić information content (AvgIpc) is 2.07. The van der Waals surface area contributed by atoms with Crippen molar-refractivity contribution < 1.29 is 19.8 Å². The molecular weight excluding hydrogens is 172 g/mol. The summed E-state index contributed by atoms with van der Waals surface area (Å²) in [4.78, 5) is 20.7. The van der Waals surface area contributed by atoms with Crippen molar-refractivity contribution in [2.45, 2.75) is 6.42 Å². The van der Waals surface area contributed by atoms with Gasteiger partial charge in [-0.15, -0.1) is 0 Å². The highest BCUT2D eigenvalue weighted by Crippen LogP contribution is 2.16. The second kappa shape index (κ2) is 3.71. The van der Waals surface area contributed by atoms with Gasteiger partial charge in [0.25, 0.3) is 0 Å². The molecule has 1 aromatic carbocycles. The molecule has 0 amide bonds. The van der Waals surface area contributed by atoms with Gasteiger partial charge < -0.3 is 10.2 Å². The van der Waals surface area contributed by atoms with Crippen LogP contribution in [0.25, 0.3) is 0 Å². The van der Waals surface area contributed by atoms with Gasteiger partial charge in [-0.05, 0) is 17.7 Å². The molecule has 0 bridgehead atoms. The summed E-state index contributed by atoms with van der Waals surface area (Å²) in [5.74, 6) is -1.10. The Labute approximate surface area is 74.4 Å². The van der Waals surface area contributed by atoms with Gasteiger partial charge in [0.1, 0.15) is 5.75 Å². The van der Waals surface area contributed by atoms with E-state index < -0.39 is 5.97 Å². The van der Waals surface area contributed by atoms with Crippen molar-refractivity contribution in [2.24, 2.45) is 0 Å². The minimum atomic E-state index is -0.970. The first-order chi connectivity index (χ1) is 6.13. The molecule has 2 N–H and O–H groups in total. The Kier molecular flexibility index (Phi) is 2.64. The molecule has 4 nitrogen and oxygen atoms in total. The van der Waals surface area contributed by atoms with Crippen LogP contribution >= 0.6 is 0 Å². The van der Waals surface area contributed by atoms with Crippen molar-refractivity contribution in [1.82, 2.24) is 0 Å². The van der Waals surface area contributed by atoms with Gasteiger partial charge in [0, 0.05) is 0 Å². The number of rotatable bonds is 3. The van der Waals surface area contributed by atoms with Gasteiger partial charge in [-0.25, -0.2) is 0 Å². The number of hydrogen-bond donors (Lipinski definition) is 2. The van der Waals surface area contributed by atoms with E-state index in [-0.39, 0.29) is 17.7 Å². The molecule has 0 aromatic heterocycles. The van der Waals surface area contributed by atoms with E-state index >= 15 is 0 Å². The third-order valence-electron chi connectivity index (χ3n) is 1.57. The zero-order valence-corrected chi connectivity index (χ0v) is 6.73. The number of carboxylic acid groups (broad SMARTS) is 1. The predicted molar refractivity (Wildman–Crippen MR) is 44.8 cm³/mol. The van der Waals surface area contributed by atoms with Crippen LogP contribution in [0.4, 0.5) is 0 Å². The van der Waals surface area contributed by atoms with E-state index in [1.807, 2.05) is 0 Å². The Hall–Kier alpha value is -1.84. The molecule has 1 aromatic rings. The zero-order chi connectivity index (χ0) is 9.84. The number of carbonyl (C=O) groups is 2. The van der Waals surface area contributed by atoms with E-state index in [1.165, 1.54) is 18.2 Å². The van der Waals surface area contributed by atoms with Crippen molar-refractivity contribution in [2.75, 3.05) is 0 Å². The molecule has 0 radical (unpaired) electrons. The number of hydrogen-bond acceptors (Lipinski definition) is 3. The smallest absolute Gasteiger partial charge is 0.307 e. The minimum absolute atomic E-state index is 0.110. The summed E-state index contributed by atoms with van der Waals surface area (Å²) < 4.78 is 0. The topological polar surface area (TPSA) is 74.6 Å². The lowest BCUT2D eigenvalue weighted by molar-refractivity contribution is -0.136. The van der Waals surface area contributed by atoms with Crippen LogP contribution in [0.15, 0.2) is 18.2 Å². The van der Waals surface area contributed by atoms with Gasteiger partial charge in [-0.2, -0.15) is 0 Å². The van der Waals surface area contributed by atoms with Crippen molar-refractivity contribution in [3.63, 3.8) is 0 Å². The normalized spacial score (nSPS) is 9.54. The van der Waals surface area contributed by atoms with E-state index in [0.717, 1.165) is 0 Å². The summed E-state index contributed by atoms with van der Waals surface area (Å²) >= 11 is 0. The first-order valence-corrected chi connectivity index (χ1v) is 3.62. The second-order valence-corrected chi connectivity index (χ2v) is 2.58. The lowest BCUT2D eigenvalue weighted by Crippen LogP contribution is -2.00. The van der Waals surface area contributed by atoms with Crippen LogP contribution in [0.5, 0.6) is 5.75 Å². The molecule has 0 atom stereocenters. The van der Waals surface area contributed by atoms with Crippen LogP contribution in [0.1, 0.15) is 15.9 Å². The largest absolute Gasteiger partial charge is 0.507 e. The molecule has 0 unspecified atom stereocenters. The van der Waals surface area contributed by atoms with E-state index in [2.05, 4.69) is 0 Å². The first kappa shape index (κ1) is 9.25. The van der Waals surface area contributed by atoms with Gasteiger partial charge >= 0.3 is 5.97 Å². The lowest BCUT2D eigenvalue weighted by atomic mass is 10.1. The van der Waals surface area contributed by atoms with Crippen LogP contribution in [0.2, 0.25) is 0 Å². The molecule has 0 aliphatic heterocycles. The van der Waals surface area contributed by atoms with Crippen LogP contribution in [0, 0.1) is 0 Å². The number of phenols is 1. The number of phenolic OH excluding ortho intramolecular Hbond substituents is 1.